The standard InChI is InChI=1S/C18H20N2O4S/c1-13(18(21)24-2)20-11-10-19-16-12-15(14-6-4-3-5-7-14)8-9-17(16)25(20,22)23/h3-9,12-13,19H,10-11H2,1-2H3/t13-/m1/s1. The molecule has 0 fully saturated rings. The van der Waals surface area contributed by atoms with Gasteiger partial charge in [-0.2, -0.15) is 4.31 Å². The number of hydrogen-bond acceptors (Lipinski definition) is 5. The van der Waals surface area contributed by atoms with Gasteiger partial charge in [0.1, 0.15) is 10.9 Å². The van der Waals surface area contributed by atoms with Crippen LogP contribution in [0.5, 0.6) is 0 Å². The summed E-state index contributed by atoms with van der Waals surface area (Å²) in [4.78, 5) is 12.0. The summed E-state index contributed by atoms with van der Waals surface area (Å²) in [5.74, 6) is -0.576. The molecule has 0 bridgehead atoms. The van der Waals surface area contributed by atoms with Gasteiger partial charge in [0.25, 0.3) is 0 Å². The first-order valence-electron chi connectivity index (χ1n) is 7.98. The smallest absolute Gasteiger partial charge is 0.323 e. The lowest BCUT2D eigenvalue weighted by atomic mass is 10.1. The molecule has 0 saturated heterocycles. The van der Waals surface area contributed by atoms with E-state index in [1.807, 2.05) is 36.4 Å². The highest BCUT2D eigenvalue weighted by atomic mass is 32.2. The van der Waals surface area contributed by atoms with Crippen LogP contribution in [-0.4, -0.2) is 44.9 Å². The molecule has 1 heterocycles. The number of esters is 1. The quantitative estimate of drug-likeness (QED) is 0.850. The number of benzene rings is 2. The van der Waals surface area contributed by atoms with Gasteiger partial charge in [0.2, 0.25) is 10.0 Å². The van der Waals surface area contributed by atoms with E-state index in [0.717, 1.165) is 11.1 Å². The molecule has 1 atom stereocenters. The van der Waals surface area contributed by atoms with Crippen LogP contribution < -0.4 is 5.32 Å². The number of ether oxygens (including phenoxy) is 1. The lowest BCUT2D eigenvalue weighted by Gasteiger charge is -2.24. The lowest BCUT2D eigenvalue weighted by molar-refractivity contribution is -0.144. The van der Waals surface area contributed by atoms with Crippen molar-refractivity contribution >= 4 is 21.7 Å². The summed E-state index contributed by atoms with van der Waals surface area (Å²) in [7, 11) is -2.55. The lowest BCUT2D eigenvalue weighted by Crippen LogP contribution is -2.44. The number of nitrogens with zero attached hydrogens (tertiary/aromatic N) is 1. The molecule has 0 aromatic heterocycles. The number of hydrogen-bond donors (Lipinski definition) is 1. The molecule has 0 aliphatic carbocycles. The molecule has 0 saturated carbocycles. The Morgan fingerprint density at radius 3 is 2.56 bits per heavy atom. The number of carbonyl (C=O) groups is 1. The van der Waals surface area contributed by atoms with Crippen LogP contribution >= 0.6 is 0 Å². The third-order valence-corrected chi connectivity index (χ3v) is 6.32. The maximum Gasteiger partial charge on any atom is 0.323 e. The second kappa shape index (κ2) is 6.85. The topological polar surface area (TPSA) is 75.7 Å². The van der Waals surface area contributed by atoms with Gasteiger partial charge in [-0.15, -0.1) is 0 Å². The molecule has 25 heavy (non-hydrogen) atoms. The number of anilines is 1. The molecular formula is C18H20N2O4S. The molecule has 132 valence electrons. The van der Waals surface area contributed by atoms with Gasteiger partial charge in [-0.3, -0.25) is 4.79 Å². The average molecular weight is 360 g/mol. The third-order valence-electron chi connectivity index (χ3n) is 4.30. The summed E-state index contributed by atoms with van der Waals surface area (Å²) in [6, 6.07) is 14.1. The Morgan fingerprint density at radius 1 is 1.16 bits per heavy atom. The van der Waals surface area contributed by atoms with Crippen molar-refractivity contribution in [2.45, 2.75) is 17.9 Å². The molecule has 3 rings (SSSR count). The van der Waals surface area contributed by atoms with E-state index in [1.54, 1.807) is 12.1 Å². The first-order chi connectivity index (χ1) is 11.9. The fourth-order valence-electron chi connectivity index (χ4n) is 2.94. The SMILES string of the molecule is COC(=O)[C@@H](C)N1CCNc2cc(-c3ccccc3)ccc2S1(=O)=O. The van der Waals surface area contributed by atoms with E-state index in [4.69, 9.17) is 4.74 Å². The van der Waals surface area contributed by atoms with E-state index in [0.29, 0.717) is 12.2 Å². The van der Waals surface area contributed by atoms with Crippen LogP contribution in [0.4, 0.5) is 5.69 Å². The minimum Gasteiger partial charge on any atom is -0.468 e. The molecule has 2 aromatic carbocycles. The molecule has 0 unspecified atom stereocenters. The van der Waals surface area contributed by atoms with Gasteiger partial charge in [-0.25, -0.2) is 8.42 Å². The summed E-state index contributed by atoms with van der Waals surface area (Å²) in [5, 5.41) is 3.16. The zero-order valence-electron chi connectivity index (χ0n) is 14.1. The Morgan fingerprint density at radius 2 is 1.88 bits per heavy atom. The first-order valence-corrected chi connectivity index (χ1v) is 9.42. The number of carbonyl (C=O) groups excluding carboxylic acids is 1. The van der Waals surface area contributed by atoms with E-state index < -0.39 is 22.0 Å². The van der Waals surface area contributed by atoms with Crippen molar-refractivity contribution in [3.8, 4) is 11.1 Å². The molecule has 1 aliphatic heterocycles. The molecule has 2 aromatic rings. The monoisotopic (exact) mass is 360 g/mol. The predicted octanol–water partition coefficient (Wildman–Crippen LogP) is 2.33. The molecule has 6 nitrogen and oxygen atoms in total. The summed E-state index contributed by atoms with van der Waals surface area (Å²) in [6.07, 6.45) is 0. The molecule has 1 N–H and O–H groups in total. The maximum atomic E-state index is 13.0. The van der Waals surface area contributed by atoms with E-state index >= 15 is 0 Å². The van der Waals surface area contributed by atoms with Gasteiger partial charge < -0.3 is 10.1 Å². The molecule has 0 spiro atoms. The van der Waals surface area contributed by atoms with Gasteiger partial charge in [-0.1, -0.05) is 36.4 Å². The zero-order chi connectivity index (χ0) is 18.0. The van der Waals surface area contributed by atoms with Gasteiger partial charge in [0, 0.05) is 13.1 Å². The summed E-state index contributed by atoms with van der Waals surface area (Å²) in [5.41, 5.74) is 2.48. The number of sulfonamides is 1. The molecule has 7 heteroatoms. The normalized spacial score (nSPS) is 17.7. The number of methoxy groups -OCH3 is 1. The van der Waals surface area contributed by atoms with Crippen molar-refractivity contribution < 1.29 is 17.9 Å². The van der Waals surface area contributed by atoms with Crippen molar-refractivity contribution in [2.24, 2.45) is 0 Å². The highest BCUT2D eigenvalue weighted by Crippen LogP contribution is 2.32. The van der Waals surface area contributed by atoms with Crippen LogP contribution in [0.2, 0.25) is 0 Å². The summed E-state index contributed by atoms with van der Waals surface area (Å²) < 4.78 is 31.9. The van der Waals surface area contributed by atoms with Crippen molar-refractivity contribution in [3.63, 3.8) is 0 Å². The summed E-state index contributed by atoms with van der Waals surface area (Å²) >= 11 is 0. The second-order valence-electron chi connectivity index (χ2n) is 5.82. The van der Waals surface area contributed by atoms with Crippen LogP contribution in [0, 0.1) is 0 Å². The molecule has 0 radical (unpaired) electrons. The Balaban J connectivity index is 2.03. The predicted molar refractivity (Wildman–Crippen MR) is 95.7 cm³/mol. The number of nitrogens with one attached hydrogen (secondary N) is 1. The van der Waals surface area contributed by atoms with E-state index in [9.17, 15) is 13.2 Å². The molecular weight excluding hydrogens is 340 g/mol. The molecule has 0 amide bonds. The van der Waals surface area contributed by atoms with Gasteiger partial charge >= 0.3 is 5.97 Å². The second-order valence-corrected chi connectivity index (χ2v) is 7.68. The fourth-order valence-corrected chi connectivity index (χ4v) is 4.68. The third kappa shape index (κ3) is 3.25. The van der Waals surface area contributed by atoms with E-state index in [2.05, 4.69) is 5.32 Å². The van der Waals surface area contributed by atoms with Gasteiger partial charge in [0.05, 0.1) is 12.8 Å². The van der Waals surface area contributed by atoms with Crippen LogP contribution in [0.25, 0.3) is 11.1 Å². The van der Waals surface area contributed by atoms with E-state index in [-0.39, 0.29) is 11.4 Å². The maximum absolute atomic E-state index is 13.0. The summed E-state index contributed by atoms with van der Waals surface area (Å²) in [6.45, 7) is 2.13. The van der Waals surface area contributed by atoms with Crippen LogP contribution in [0.1, 0.15) is 6.92 Å². The Bertz CT molecular complexity index is 881. The highest BCUT2D eigenvalue weighted by Gasteiger charge is 2.36. The van der Waals surface area contributed by atoms with Crippen molar-refractivity contribution in [1.29, 1.82) is 0 Å². The van der Waals surface area contributed by atoms with Crippen molar-refractivity contribution in [2.75, 3.05) is 25.5 Å². The Kier molecular flexibility index (Phi) is 4.78. The minimum atomic E-state index is -3.80. The van der Waals surface area contributed by atoms with Crippen LogP contribution in [0.15, 0.2) is 53.4 Å². The highest BCUT2D eigenvalue weighted by molar-refractivity contribution is 7.89. The Labute approximate surface area is 147 Å². The number of fused-ring (bicyclic) bond motifs is 1. The number of rotatable bonds is 3. The Hall–Kier alpha value is -2.38. The average Bonchev–Trinajstić information content (AvgIpc) is 2.76. The fraction of sp³-hybridized carbons (Fsp3) is 0.278. The largest absolute Gasteiger partial charge is 0.468 e. The van der Waals surface area contributed by atoms with E-state index in [1.165, 1.54) is 18.3 Å². The van der Waals surface area contributed by atoms with Crippen LogP contribution in [0.3, 0.4) is 0 Å². The van der Waals surface area contributed by atoms with Gasteiger partial charge in [-0.05, 0) is 30.2 Å². The zero-order valence-corrected chi connectivity index (χ0v) is 14.9. The van der Waals surface area contributed by atoms with Crippen molar-refractivity contribution in [3.05, 3.63) is 48.5 Å². The minimum absolute atomic E-state index is 0.167. The molecule has 1 aliphatic rings. The van der Waals surface area contributed by atoms with Gasteiger partial charge in [0.15, 0.2) is 0 Å². The van der Waals surface area contributed by atoms with Crippen LogP contribution in [-0.2, 0) is 19.6 Å². The van der Waals surface area contributed by atoms with Crippen molar-refractivity contribution in [1.82, 2.24) is 4.31 Å². The first kappa shape index (κ1) is 17.4.